The Kier molecular flexibility index (Phi) is 6.88. The van der Waals surface area contributed by atoms with Gasteiger partial charge in [-0.15, -0.1) is 11.6 Å². The van der Waals surface area contributed by atoms with E-state index in [1.54, 1.807) is 26.0 Å². The van der Waals surface area contributed by atoms with Crippen LogP contribution in [0.5, 0.6) is 0 Å². The van der Waals surface area contributed by atoms with Crippen molar-refractivity contribution < 1.29 is 33.8 Å². The summed E-state index contributed by atoms with van der Waals surface area (Å²) in [7, 11) is 0. The monoisotopic (exact) mass is 518 g/mol. The lowest BCUT2D eigenvalue weighted by Gasteiger charge is -2.60. The van der Waals surface area contributed by atoms with Crippen molar-refractivity contribution in [1.82, 2.24) is 0 Å². The van der Waals surface area contributed by atoms with Crippen LogP contribution in [0, 0.1) is 28.6 Å². The van der Waals surface area contributed by atoms with Crippen LogP contribution in [0.15, 0.2) is 36.0 Å². The van der Waals surface area contributed by atoms with Crippen molar-refractivity contribution in [1.29, 1.82) is 0 Å². The Hall–Kier alpha value is -2.25. The van der Waals surface area contributed by atoms with Gasteiger partial charge >= 0.3 is 11.9 Å². The lowest BCUT2D eigenvalue weighted by molar-refractivity contribution is -0.195. The highest BCUT2D eigenvalue weighted by atomic mass is 35.5. The molecule has 0 aromatic heterocycles. The SMILES string of the molecule is C=C1C[C@H]2[C@H]3[C@H]([C@@H](O)C[C@]2(C)[C@]1(OC(=O)CC)C(=O)COC(=O)CC)[C@@]1(C)C=CC(=O)C=C1C[C@H]3Cl. The molecule has 3 fully saturated rings. The molecular formula is C28H35ClO7. The highest BCUT2D eigenvalue weighted by Gasteiger charge is 2.73. The van der Waals surface area contributed by atoms with E-state index in [4.69, 9.17) is 21.1 Å². The summed E-state index contributed by atoms with van der Waals surface area (Å²) in [6, 6.07) is 0. The fraction of sp³-hybridized carbons (Fsp3) is 0.643. The van der Waals surface area contributed by atoms with Gasteiger partial charge in [0.25, 0.3) is 0 Å². The minimum absolute atomic E-state index is 0.0512. The molecular weight excluding hydrogens is 484 g/mol. The number of ether oxygens (including phenoxy) is 2. The standard InChI is InChI=1S/C28H35ClO7/c1-6-22(33)35-14-21(32)28(36-23(34)7-2)15(3)10-18-24-19(29)12-16-11-17(30)8-9-26(16,4)25(24)20(31)13-27(18,28)5/h8-9,11,18-20,24-25,31H,3,6-7,10,12-14H2,1-2,4-5H3/t18-,19+,20-,24+,25-,26-,27-,28+/m0/s1. The van der Waals surface area contributed by atoms with Crippen LogP contribution in [0.25, 0.3) is 0 Å². The maximum atomic E-state index is 13.8. The number of allylic oxidation sites excluding steroid dienone is 4. The molecule has 36 heavy (non-hydrogen) atoms. The van der Waals surface area contributed by atoms with Gasteiger partial charge in [-0.2, -0.15) is 0 Å². The molecule has 0 spiro atoms. The highest BCUT2D eigenvalue weighted by molar-refractivity contribution is 6.21. The quantitative estimate of drug-likeness (QED) is 0.323. The molecule has 0 heterocycles. The maximum absolute atomic E-state index is 13.8. The van der Waals surface area contributed by atoms with Crippen LogP contribution in [-0.4, -0.2) is 52.3 Å². The maximum Gasteiger partial charge on any atom is 0.306 e. The number of ketones is 2. The molecule has 0 radical (unpaired) electrons. The third-order valence-electron chi connectivity index (χ3n) is 9.24. The Morgan fingerprint density at radius 3 is 2.47 bits per heavy atom. The number of halogens is 1. The van der Waals surface area contributed by atoms with Crippen molar-refractivity contribution in [2.45, 2.75) is 76.9 Å². The van der Waals surface area contributed by atoms with Crippen LogP contribution in [-0.2, 0) is 28.7 Å². The number of carbonyl (C=O) groups is 4. The summed E-state index contributed by atoms with van der Waals surface area (Å²) in [5, 5.41) is 11.3. The number of rotatable bonds is 6. The van der Waals surface area contributed by atoms with Crippen LogP contribution in [0.2, 0.25) is 0 Å². The molecule has 3 saturated carbocycles. The molecule has 4 aliphatic rings. The third-order valence-corrected chi connectivity index (χ3v) is 9.69. The number of carbonyl (C=O) groups excluding carboxylic acids is 4. The van der Waals surface area contributed by atoms with Crippen molar-refractivity contribution in [2.24, 2.45) is 28.6 Å². The van der Waals surface area contributed by atoms with Crippen LogP contribution in [0.4, 0.5) is 0 Å². The van der Waals surface area contributed by atoms with Crippen molar-refractivity contribution in [3.63, 3.8) is 0 Å². The number of alkyl halides is 1. The summed E-state index contributed by atoms with van der Waals surface area (Å²) in [4.78, 5) is 50.4. The Balaban J connectivity index is 1.80. The van der Waals surface area contributed by atoms with Gasteiger partial charge in [0.05, 0.1) is 6.10 Å². The number of esters is 2. The van der Waals surface area contributed by atoms with Crippen molar-refractivity contribution in [3.8, 4) is 0 Å². The van der Waals surface area contributed by atoms with Crippen LogP contribution >= 0.6 is 11.6 Å². The van der Waals surface area contributed by atoms with E-state index in [-0.39, 0.29) is 42.8 Å². The summed E-state index contributed by atoms with van der Waals surface area (Å²) < 4.78 is 11.1. The molecule has 1 N–H and O–H groups in total. The second-order valence-corrected chi connectivity index (χ2v) is 11.6. The zero-order valence-corrected chi connectivity index (χ0v) is 22.1. The molecule has 8 heteroatoms. The zero-order chi connectivity index (χ0) is 26.6. The summed E-state index contributed by atoms with van der Waals surface area (Å²) in [6.07, 6.45) is 5.34. The smallest absolute Gasteiger partial charge is 0.306 e. The number of fused-ring (bicyclic) bond motifs is 5. The largest absolute Gasteiger partial charge is 0.457 e. The fourth-order valence-electron chi connectivity index (χ4n) is 7.54. The molecule has 0 saturated heterocycles. The van der Waals surface area contributed by atoms with Crippen LogP contribution in [0.3, 0.4) is 0 Å². The predicted molar refractivity (Wildman–Crippen MR) is 133 cm³/mol. The van der Waals surface area contributed by atoms with Gasteiger partial charge in [0.1, 0.15) is 0 Å². The number of Topliss-reactive ketones (excluding diaryl/α,β-unsaturated/α-hetero) is 1. The molecule has 0 aliphatic heterocycles. The van der Waals surface area contributed by atoms with E-state index >= 15 is 0 Å². The molecule has 0 amide bonds. The van der Waals surface area contributed by atoms with Crippen molar-refractivity contribution in [3.05, 3.63) is 36.0 Å². The van der Waals surface area contributed by atoms with E-state index in [1.807, 2.05) is 19.9 Å². The van der Waals surface area contributed by atoms with Crippen molar-refractivity contribution in [2.75, 3.05) is 6.61 Å². The number of aliphatic hydroxyl groups is 1. The van der Waals surface area contributed by atoms with Gasteiger partial charge in [-0.05, 0) is 48.8 Å². The lowest BCUT2D eigenvalue weighted by atomic mass is 9.46. The van der Waals surface area contributed by atoms with Gasteiger partial charge in [-0.25, -0.2) is 0 Å². The summed E-state index contributed by atoms with van der Waals surface area (Å²) in [6.45, 7) is 10.8. The molecule has 0 bridgehead atoms. The Bertz CT molecular complexity index is 1080. The Labute approximate surface area is 216 Å². The summed E-state index contributed by atoms with van der Waals surface area (Å²) in [5.41, 5.74) is -1.97. The van der Waals surface area contributed by atoms with E-state index in [1.165, 1.54) is 0 Å². The van der Waals surface area contributed by atoms with E-state index < -0.39 is 52.2 Å². The first-order valence-electron chi connectivity index (χ1n) is 12.7. The minimum atomic E-state index is -1.74. The highest BCUT2D eigenvalue weighted by Crippen LogP contribution is 2.69. The number of aliphatic hydroxyl groups excluding tert-OH is 1. The molecule has 0 aromatic carbocycles. The second kappa shape index (κ2) is 9.25. The number of hydrogen-bond donors (Lipinski definition) is 1. The molecule has 0 aromatic rings. The van der Waals surface area contributed by atoms with Gasteiger partial charge in [-0.1, -0.05) is 45.9 Å². The van der Waals surface area contributed by atoms with Crippen LogP contribution < -0.4 is 0 Å². The first-order valence-corrected chi connectivity index (χ1v) is 13.1. The fourth-order valence-corrected chi connectivity index (χ4v) is 8.04. The molecule has 196 valence electrons. The normalized spacial score (nSPS) is 41.1. The average Bonchev–Trinajstić information content (AvgIpc) is 3.04. The van der Waals surface area contributed by atoms with E-state index in [2.05, 4.69) is 6.58 Å². The molecule has 7 nitrogen and oxygen atoms in total. The van der Waals surface area contributed by atoms with Gasteiger partial charge in [0, 0.05) is 35.0 Å². The first kappa shape index (κ1) is 26.8. The van der Waals surface area contributed by atoms with E-state index in [0.29, 0.717) is 18.4 Å². The van der Waals surface area contributed by atoms with Crippen LogP contribution in [0.1, 0.15) is 59.8 Å². The van der Waals surface area contributed by atoms with Crippen molar-refractivity contribution >= 4 is 35.1 Å². The summed E-state index contributed by atoms with van der Waals surface area (Å²) >= 11 is 7.01. The molecule has 0 unspecified atom stereocenters. The van der Waals surface area contributed by atoms with Gasteiger partial charge in [0.2, 0.25) is 5.78 Å². The molecule has 4 rings (SSSR count). The van der Waals surface area contributed by atoms with Gasteiger partial charge in [-0.3, -0.25) is 19.2 Å². The zero-order valence-electron chi connectivity index (χ0n) is 21.3. The average molecular weight is 519 g/mol. The predicted octanol–water partition coefficient (Wildman–Crippen LogP) is 3.86. The first-order chi connectivity index (χ1) is 16.9. The third kappa shape index (κ3) is 3.73. The van der Waals surface area contributed by atoms with Gasteiger partial charge < -0.3 is 14.6 Å². The minimum Gasteiger partial charge on any atom is -0.457 e. The summed E-state index contributed by atoms with van der Waals surface area (Å²) in [5.74, 6) is -2.49. The van der Waals surface area contributed by atoms with E-state index in [0.717, 1.165) is 5.57 Å². The molecule has 4 aliphatic carbocycles. The Morgan fingerprint density at radius 2 is 1.83 bits per heavy atom. The number of hydrogen-bond acceptors (Lipinski definition) is 7. The van der Waals surface area contributed by atoms with E-state index in [9.17, 15) is 24.3 Å². The Morgan fingerprint density at radius 1 is 1.17 bits per heavy atom. The second-order valence-electron chi connectivity index (χ2n) is 11.1. The topological polar surface area (TPSA) is 107 Å². The molecule has 8 atom stereocenters. The lowest BCUT2D eigenvalue weighted by Crippen LogP contribution is -2.64. The van der Waals surface area contributed by atoms with Gasteiger partial charge in [0.15, 0.2) is 18.0 Å².